The second kappa shape index (κ2) is 4.21. The molecule has 0 bridgehead atoms. The van der Waals surface area contributed by atoms with E-state index in [9.17, 15) is 0 Å². The first-order chi connectivity index (χ1) is 6.77. The third kappa shape index (κ3) is 2.03. The molecule has 2 nitrogen and oxygen atoms in total. The fourth-order valence-corrected chi connectivity index (χ4v) is 2.32. The van der Waals surface area contributed by atoms with Crippen LogP contribution >= 0.6 is 27.3 Å². The summed E-state index contributed by atoms with van der Waals surface area (Å²) in [5.74, 6) is 0. The Morgan fingerprint density at radius 2 is 2.21 bits per heavy atom. The van der Waals surface area contributed by atoms with Crippen molar-refractivity contribution >= 4 is 27.3 Å². The number of aromatic nitrogens is 1. The number of thiophene rings is 1. The smallest absolute Gasteiger partial charge is 0.0575 e. The summed E-state index contributed by atoms with van der Waals surface area (Å²) in [4.78, 5) is 4.09. The van der Waals surface area contributed by atoms with E-state index in [-0.39, 0.29) is 6.04 Å². The van der Waals surface area contributed by atoms with E-state index < -0.39 is 0 Å². The molecule has 0 fully saturated rings. The standard InChI is InChI=1S/C10H9BrN2S/c11-9-3-8(4-13-5-9)10(12)7-1-2-14-6-7/h1-6,10H,12H2/t10-/m0/s1. The van der Waals surface area contributed by atoms with E-state index in [0.29, 0.717) is 0 Å². The lowest BCUT2D eigenvalue weighted by atomic mass is 10.1. The van der Waals surface area contributed by atoms with E-state index in [1.165, 1.54) is 0 Å². The highest BCUT2D eigenvalue weighted by atomic mass is 79.9. The Kier molecular flexibility index (Phi) is 2.96. The first-order valence-electron chi connectivity index (χ1n) is 4.15. The van der Waals surface area contributed by atoms with Gasteiger partial charge in [-0.2, -0.15) is 11.3 Å². The zero-order valence-electron chi connectivity index (χ0n) is 7.35. The van der Waals surface area contributed by atoms with Gasteiger partial charge in [-0.25, -0.2) is 0 Å². The van der Waals surface area contributed by atoms with Crippen molar-refractivity contribution in [1.29, 1.82) is 0 Å². The minimum atomic E-state index is -0.0775. The number of nitrogens with two attached hydrogens (primary N) is 1. The quantitative estimate of drug-likeness (QED) is 0.910. The Morgan fingerprint density at radius 3 is 2.86 bits per heavy atom. The third-order valence-electron chi connectivity index (χ3n) is 1.99. The van der Waals surface area contributed by atoms with Crippen LogP contribution in [0.2, 0.25) is 0 Å². The predicted octanol–water partition coefficient (Wildman–Crippen LogP) is 2.95. The number of halogens is 1. The molecular weight excluding hydrogens is 260 g/mol. The van der Waals surface area contributed by atoms with Crippen molar-refractivity contribution in [2.24, 2.45) is 5.73 Å². The summed E-state index contributed by atoms with van der Waals surface area (Å²) in [6.45, 7) is 0. The molecule has 0 aliphatic carbocycles. The van der Waals surface area contributed by atoms with Gasteiger partial charge in [0.2, 0.25) is 0 Å². The SMILES string of the molecule is N[C@@H](c1ccsc1)c1cncc(Br)c1. The molecule has 0 aliphatic heterocycles. The Bertz CT molecular complexity index is 414. The van der Waals surface area contributed by atoms with Gasteiger partial charge in [-0.3, -0.25) is 4.98 Å². The van der Waals surface area contributed by atoms with Crippen molar-refractivity contribution < 1.29 is 0 Å². The van der Waals surface area contributed by atoms with Crippen molar-refractivity contribution in [3.63, 3.8) is 0 Å². The number of hydrogen-bond acceptors (Lipinski definition) is 3. The van der Waals surface area contributed by atoms with Crippen LogP contribution in [0, 0.1) is 0 Å². The molecule has 0 unspecified atom stereocenters. The maximum Gasteiger partial charge on any atom is 0.0575 e. The first kappa shape index (κ1) is 9.83. The summed E-state index contributed by atoms with van der Waals surface area (Å²) in [5.41, 5.74) is 8.24. The Hall–Kier alpha value is -0.710. The van der Waals surface area contributed by atoms with Gasteiger partial charge in [-0.05, 0) is 49.9 Å². The van der Waals surface area contributed by atoms with Gasteiger partial charge in [0.05, 0.1) is 6.04 Å². The van der Waals surface area contributed by atoms with Crippen LogP contribution in [-0.2, 0) is 0 Å². The van der Waals surface area contributed by atoms with E-state index >= 15 is 0 Å². The van der Waals surface area contributed by atoms with Crippen LogP contribution in [0.4, 0.5) is 0 Å². The first-order valence-corrected chi connectivity index (χ1v) is 5.89. The van der Waals surface area contributed by atoms with Crippen LogP contribution in [0.15, 0.2) is 39.8 Å². The normalized spacial score (nSPS) is 12.7. The van der Waals surface area contributed by atoms with Crippen molar-refractivity contribution in [3.8, 4) is 0 Å². The fraction of sp³-hybridized carbons (Fsp3) is 0.100. The summed E-state index contributed by atoms with van der Waals surface area (Å²) in [6, 6.07) is 3.96. The molecule has 0 radical (unpaired) electrons. The van der Waals surface area contributed by atoms with Gasteiger partial charge in [-0.15, -0.1) is 0 Å². The Labute approximate surface area is 94.9 Å². The molecule has 0 saturated carbocycles. The maximum absolute atomic E-state index is 6.08. The largest absolute Gasteiger partial charge is 0.320 e. The van der Waals surface area contributed by atoms with Crippen LogP contribution in [0.25, 0.3) is 0 Å². The molecule has 0 amide bonds. The molecule has 0 spiro atoms. The summed E-state index contributed by atoms with van der Waals surface area (Å²) >= 11 is 5.03. The predicted molar refractivity (Wildman–Crippen MR) is 62.3 cm³/mol. The van der Waals surface area contributed by atoms with Gasteiger partial charge < -0.3 is 5.73 Å². The summed E-state index contributed by atoms with van der Waals surface area (Å²) in [5, 5.41) is 4.09. The molecule has 2 aromatic heterocycles. The van der Waals surface area contributed by atoms with E-state index in [1.807, 2.05) is 17.5 Å². The van der Waals surface area contributed by atoms with E-state index in [0.717, 1.165) is 15.6 Å². The molecule has 0 aromatic carbocycles. The van der Waals surface area contributed by atoms with Crippen molar-refractivity contribution in [2.75, 3.05) is 0 Å². The van der Waals surface area contributed by atoms with Gasteiger partial charge in [-0.1, -0.05) is 0 Å². The van der Waals surface area contributed by atoms with Crippen LogP contribution in [0.3, 0.4) is 0 Å². The zero-order chi connectivity index (χ0) is 9.97. The molecule has 72 valence electrons. The minimum Gasteiger partial charge on any atom is -0.320 e. The lowest BCUT2D eigenvalue weighted by Crippen LogP contribution is -2.10. The lowest BCUT2D eigenvalue weighted by Gasteiger charge is -2.09. The van der Waals surface area contributed by atoms with Crippen molar-refractivity contribution in [3.05, 3.63) is 50.9 Å². The number of nitrogens with zero attached hydrogens (tertiary/aromatic N) is 1. The second-order valence-corrected chi connectivity index (χ2v) is 4.67. The second-order valence-electron chi connectivity index (χ2n) is 2.97. The van der Waals surface area contributed by atoms with Crippen LogP contribution in [-0.4, -0.2) is 4.98 Å². The Balaban J connectivity index is 2.32. The number of rotatable bonds is 2. The molecule has 0 aliphatic rings. The fourth-order valence-electron chi connectivity index (χ4n) is 1.24. The van der Waals surface area contributed by atoms with E-state index in [1.54, 1.807) is 23.7 Å². The third-order valence-corrected chi connectivity index (χ3v) is 3.12. The molecule has 2 N–H and O–H groups in total. The molecule has 2 aromatic rings. The van der Waals surface area contributed by atoms with Gasteiger partial charge in [0.25, 0.3) is 0 Å². The highest BCUT2D eigenvalue weighted by molar-refractivity contribution is 9.10. The van der Waals surface area contributed by atoms with E-state index in [4.69, 9.17) is 5.73 Å². The molecule has 2 rings (SSSR count). The molecule has 0 saturated heterocycles. The zero-order valence-corrected chi connectivity index (χ0v) is 9.75. The Morgan fingerprint density at radius 1 is 1.36 bits per heavy atom. The molecular formula is C10H9BrN2S. The maximum atomic E-state index is 6.08. The van der Waals surface area contributed by atoms with Crippen LogP contribution in [0.1, 0.15) is 17.2 Å². The molecule has 14 heavy (non-hydrogen) atoms. The average Bonchev–Trinajstić information content (AvgIpc) is 2.69. The summed E-state index contributed by atoms with van der Waals surface area (Å²) < 4.78 is 0.959. The average molecular weight is 269 g/mol. The van der Waals surface area contributed by atoms with Gasteiger partial charge in [0.15, 0.2) is 0 Å². The molecule has 1 atom stereocenters. The van der Waals surface area contributed by atoms with Crippen LogP contribution in [0.5, 0.6) is 0 Å². The lowest BCUT2D eigenvalue weighted by molar-refractivity contribution is 0.867. The monoisotopic (exact) mass is 268 g/mol. The number of hydrogen-bond donors (Lipinski definition) is 1. The van der Waals surface area contributed by atoms with Gasteiger partial charge in [0.1, 0.15) is 0 Å². The highest BCUT2D eigenvalue weighted by Crippen LogP contribution is 2.22. The summed E-state index contributed by atoms with van der Waals surface area (Å²) in [7, 11) is 0. The summed E-state index contributed by atoms with van der Waals surface area (Å²) in [6.07, 6.45) is 3.55. The highest BCUT2D eigenvalue weighted by Gasteiger charge is 2.09. The van der Waals surface area contributed by atoms with E-state index in [2.05, 4.69) is 26.3 Å². The van der Waals surface area contributed by atoms with Crippen molar-refractivity contribution in [1.82, 2.24) is 4.98 Å². The van der Waals surface area contributed by atoms with Crippen molar-refractivity contribution in [2.45, 2.75) is 6.04 Å². The van der Waals surface area contributed by atoms with Gasteiger partial charge >= 0.3 is 0 Å². The van der Waals surface area contributed by atoms with Gasteiger partial charge in [0, 0.05) is 16.9 Å². The minimum absolute atomic E-state index is 0.0775. The molecule has 2 heterocycles. The number of pyridine rings is 1. The topological polar surface area (TPSA) is 38.9 Å². The molecule has 4 heteroatoms. The van der Waals surface area contributed by atoms with Crippen LogP contribution < -0.4 is 5.73 Å².